The molecule has 0 atom stereocenters. The van der Waals surface area contributed by atoms with Gasteiger partial charge < -0.3 is 9.88 Å². The molecule has 1 aromatic heterocycles. The highest BCUT2D eigenvalue weighted by atomic mass is 16.1. The van der Waals surface area contributed by atoms with E-state index in [1.54, 1.807) is 0 Å². The van der Waals surface area contributed by atoms with Crippen LogP contribution in [0, 0.1) is 0 Å². The van der Waals surface area contributed by atoms with Crippen LogP contribution in [0.2, 0.25) is 0 Å². The molecule has 4 rings (SSSR count). The molecule has 0 saturated heterocycles. The van der Waals surface area contributed by atoms with Crippen LogP contribution in [0.15, 0.2) is 78.9 Å². The topological polar surface area (TPSA) is 46.9 Å². The fourth-order valence-electron chi connectivity index (χ4n) is 3.61. The molecule has 4 heteroatoms. The molecule has 0 saturated carbocycles. The van der Waals surface area contributed by atoms with Crippen LogP contribution in [0.5, 0.6) is 0 Å². The highest BCUT2D eigenvalue weighted by Crippen LogP contribution is 2.17. The van der Waals surface area contributed by atoms with E-state index in [4.69, 9.17) is 4.98 Å². The molecule has 0 fully saturated rings. The van der Waals surface area contributed by atoms with Gasteiger partial charge in [0.1, 0.15) is 5.82 Å². The lowest BCUT2D eigenvalue weighted by molar-refractivity contribution is -0.116. The van der Waals surface area contributed by atoms with Gasteiger partial charge in [-0.05, 0) is 48.2 Å². The van der Waals surface area contributed by atoms with Crippen LogP contribution in [0.3, 0.4) is 0 Å². The number of imidazole rings is 1. The lowest BCUT2D eigenvalue weighted by Gasteiger charge is -2.08. The average Bonchev–Trinajstić information content (AvgIpc) is 3.08. The van der Waals surface area contributed by atoms with Crippen LogP contribution in [0.25, 0.3) is 11.0 Å². The van der Waals surface area contributed by atoms with E-state index in [9.17, 15) is 4.79 Å². The number of benzene rings is 3. The number of carbonyl (C=O) groups excluding carboxylic acids is 1. The third kappa shape index (κ3) is 4.72. The van der Waals surface area contributed by atoms with Gasteiger partial charge >= 0.3 is 0 Å². The van der Waals surface area contributed by atoms with Crippen LogP contribution in [0.1, 0.15) is 23.4 Å². The van der Waals surface area contributed by atoms with Gasteiger partial charge in [0.2, 0.25) is 5.91 Å². The first-order valence-electron chi connectivity index (χ1n) is 10.0. The van der Waals surface area contributed by atoms with Crippen molar-refractivity contribution in [3.05, 3.63) is 95.8 Å². The maximum atomic E-state index is 12.3. The Morgan fingerprint density at radius 2 is 1.62 bits per heavy atom. The van der Waals surface area contributed by atoms with Gasteiger partial charge in [-0.2, -0.15) is 0 Å². The second kappa shape index (κ2) is 8.74. The molecule has 0 bridgehead atoms. The van der Waals surface area contributed by atoms with Crippen LogP contribution in [-0.2, 0) is 31.1 Å². The van der Waals surface area contributed by atoms with E-state index in [0.717, 1.165) is 41.8 Å². The fraction of sp³-hybridized carbons (Fsp3) is 0.200. The summed E-state index contributed by atoms with van der Waals surface area (Å²) in [5, 5.41) is 3.02. The predicted octanol–water partition coefficient (Wildman–Crippen LogP) is 4.93. The molecule has 1 heterocycles. The molecule has 1 N–H and O–H groups in total. The van der Waals surface area contributed by atoms with E-state index < -0.39 is 0 Å². The Hall–Kier alpha value is -3.40. The van der Waals surface area contributed by atoms with Crippen molar-refractivity contribution in [2.75, 3.05) is 5.32 Å². The van der Waals surface area contributed by atoms with Gasteiger partial charge in [-0.25, -0.2) is 4.98 Å². The summed E-state index contributed by atoms with van der Waals surface area (Å²) in [6.07, 6.45) is 2.97. The van der Waals surface area contributed by atoms with E-state index in [2.05, 4.69) is 47.3 Å². The third-order valence-corrected chi connectivity index (χ3v) is 5.21. The van der Waals surface area contributed by atoms with Gasteiger partial charge in [0.05, 0.1) is 11.0 Å². The standard InChI is InChI=1S/C25H25N3O/c1-28-23-13-6-5-12-22(23)27-24(28)16-14-20-10-7-11-21(18-20)26-25(29)17-15-19-8-3-2-4-9-19/h2-13,18H,14-17H2,1H3,(H,26,29). The molecule has 0 aliphatic carbocycles. The molecular weight excluding hydrogens is 358 g/mol. The molecule has 0 aliphatic rings. The minimum absolute atomic E-state index is 0.0429. The Morgan fingerprint density at radius 1 is 0.862 bits per heavy atom. The minimum Gasteiger partial charge on any atom is -0.331 e. The van der Waals surface area contributed by atoms with Crippen molar-refractivity contribution in [3.63, 3.8) is 0 Å². The lowest BCUT2D eigenvalue weighted by atomic mass is 10.1. The Labute approximate surface area is 171 Å². The van der Waals surface area contributed by atoms with E-state index >= 15 is 0 Å². The van der Waals surface area contributed by atoms with E-state index in [1.807, 2.05) is 48.5 Å². The van der Waals surface area contributed by atoms with Crippen molar-refractivity contribution in [1.29, 1.82) is 0 Å². The van der Waals surface area contributed by atoms with E-state index in [-0.39, 0.29) is 5.91 Å². The van der Waals surface area contributed by atoms with Crippen LogP contribution in [0.4, 0.5) is 5.69 Å². The molecule has 29 heavy (non-hydrogen) atoms. The number of nitrogens with one attached hydrogen (secondary N) is 1. The largest absolute Gasteiger partial charge is 0.331 e. The normalized spacial score (nSPS) is 10.9. The molecule has 4 nitrogen and oxygen atoms in total. The SMILES string of the molecule is Cn1c(CCc2cccc(NC(=O)CCc3ccccc3)c2)nc2ccccc21. The van der Waals surface area contributed by atoms with Gasteiger partial charge in [0.25, 0.3) is 0 Å². The van der Waals surface area contributed by atoms with Crippen molar-refractivity contribution >= 4 is 22.6 Å². The number of aromatic nitrogens is 2. The predicted molar refractivity (Wildman–Crippen MR) is 118 cm³/mol. The van der Waals surface area contributed by atoms with Gasteiger partial charge in [-0.15, -0.1) is 0 Å². The number of rotatable bonds is 7. The van der Waals surface area contributed by atoms with E-state index in [0.29, 0.717) is 6.42 Å². The molecule has 3 aromatic carbocycles. The minimum atomic E-state index is 0.0429. The van der Waals surface area contributed by atoms with Crippen molar-refractivity contribution < 1.29 is 4.79 Å². The zero-order valence-corrected chi connectivity index (χ0v) is 16.6. The van der Waals surface area contributed by atoms with Gasteiger partial charge in [0, 0.05) is 25.6 Å². The molecule has 0 unspecified atom stereocenters. The summed E-state index contributed by atoms with van der Waals surface area (Å²) < 4.78 is 2.16. The monoisotopic (exact) mass is 383 g/mol. The second-order valence-corrected chi connectivity index (χ2v) is 7.31. The summed E-state index contributed by atoms with van der Waals surface area (Å²) in [5.41, 5.74) is 5.41. The molecule has 0 spiro atoms. The lowest BCUT2D eigenvalue weighted by Crippen LogP contribution is -2.12. The number of amides is 1. The molecular formula is C25H25N3O. The van der Waals surface area contributed by atoms with Gasteiger partial charge in [-0.3, -0.25) is 4.79 Å². The summed E-state index contributed by atoms with van der Waals surface area (Å²) in [5.74, 6) is 1.12. The molecule has 1 amide bonds. The van der Waals surface area contributed by atoms with Gasteiger partial charge in [-0.1, -0.05) is 54.6 Å². The van der Waals surface area contributed by atoms with Crippen molar-refractivity contribution in [2.45, 2.75) is 25.7 Å². The smallest absolute Gasteiger partial charge is 0.224 e. The number of carbonyl (C=O) groups is 1. The van der Waals surface area contributed by atoms with Crippen molar-refractivity contribution in [2.24, 2.45) is 7.05 Å². The Bertz CT molecular complexity index is 1120. The molecule has 146 valence electrons. The second-order valence-electron chi connectivity index (χ2n) is 7.31. The van der Waals surface area contributed by atoms with Crippen LogP contribution < -0.4 is 5.32 Å². The van der Waals surface area contributed by atoms with Crippen molar-refractivity contribution in [3.8, 4) is 0 Å². The quantitative estimate of drug-likeness (QED) is 0.492. The summed E-state index contributed by atoms with van der Waals surface area (Å²) in [4.78, 5) is 17.0. The molecule has 0 radical (unpaired) electrons. The van der Waals surface area contributed by atoms with Crippen LogP contribution >= 0.6 is 0 Å². The van der Waals surface area contributed by atoms with Gasteiger partial charge in [0.15, 0.2) is 0 Å². The maximum absolute atomic E-state index is 12.3. The summed E-state index contributed by atoms with van der Waals surface area (Å²) in [7, 11) is 2.06. The Kier molecular flexibility index (Phi) is 5.71. The number of fused-ring (bicyclic) bond motifs is 1. The zero-order valence-electron chi connectivity index (χ0n) is 16.6. The number of para-hydroxylation sites is 2. The Morgan fingerprint density at radius 3 is 2.45 bits per heavy atom. The number of anilines is 1. The number of aryl methyl sites for hydroxylation is 4. The number of hydrogen-bond acceptors (Lipinski definition) is 2. The summed E-state index contributed by atoms with van der Waals surface area (Å²) in [6, 6.07) is 26.4. The first-order valence-corrected chi connectivity index (χ1v) is 10.0. The molecule has 0 aliphatic heterocycles. The highest BCUT2D eigenvalue weighted by Gasteiger charge is 2.08. The number of nitrogens with zero attached hydrogens (tertiary/aromatic N) is 2. The third-order valence-electron chi connectivity index (χ3n) is 5.21. The Balaban J connectivity index is 1.35. The highest BCUT2D eigenvalue weighted by molar-refractivity contribution is 5.90. The fourth-order valence-corrected chi connectivity index (χ4v) is 3.61. The summed E-state index contributed by atoms with van der Waals surface area (Å²) in [6.45, 7) is 0. The van der Waals surface area contributed by atoms with E-state index in [1.165, 1.54) is 11.1 Å². The number of hydrogen-bond donors (Lipinski definition) is 1. The zero-order chi connectivity index (χ0) is 20.1. The first-order chi connectivity index (χ1) is 14.2. The average molecular weight is 383 g/mol. The molecule has 4 aromatic rings. The summed E-state index contributed by atoms with van der Waals surface area (Å²) >= 11 is 0. The maximum Gasteiger partial charge on any atom is 0.224 e. The van der Waals surface area contributed by atoms with Crippen LogP contribution in [-0.4, -0.2) is 15.5 Å². The van der Waals surface area contributed by atoms with Crippen molar-refractivity contribution in [1.82, 2.24) is 9.55 Å². The first kappa shape index (κ1) is 18.9.